The van der Waals surface area contributed by atoms with Crippen LogP contribution in [0.1, 0.15) is 67.7 Å². The fourth-order valence-electron chi connectivity index (χ4n) is 5.21. The van der Waals surface area contributed by atoms with Crippen molar-refractivity contribution in [2.75, 3.05) is 24.0 Å². The molecule has 2 aliphatic carbocycles. The molecule has 9 heteroatoms. The van der Waals surface area contributed by atoms with Crippen LogP contribution in [0.25, 0.3) is 0 Å². The zero-order chi connectivity index (χ0) is 24.8. The molecule has 2 aliphatic rings. The summed E-state index contributed by atoms with van der Waals surface area (Å²) in [6.07, 6.45) is 4.86. The highest BCUT2D eigenvalue weighted by molar-refractivity contribution is 8.32. The average molecular weight is 499 g/mol. The second-order valence-corrected chi connectivity index (χ2v) is 15.6. The molecule has 7 nitrogen and oxygen atoms in total. The van der Waals surface area contributed by atoms with Crippen LogP contribution in [0.5, 0.6) is 0 Å². The summed E-state index contributed by atoms with van der Waals surface area (Å²) in [6.45, 7) is 7.46. The molecule has 1 aromatic rings. The van der Waals surface area contributed by atoms with Crippen molar-refractivity contribution in [3.8, 4) is 0 Å². The Labute approximate surface area is 198 Å². The number of ether oxygens (including phenoxy) is 1. The van der Waals surface area contributed by atoms with Crippen molar-refractivity contribution in [1.82, 2.24) is 0 Å². The normalized spacial score (nSPS) is 24.8. The van der Waals surface area contributed by atoms with Gasteiger partial charge in [-0.05, 0) is 62.7 Å². The van der Waals surface area contributed by atoms with E-state index >= 15 is 0 Å². The maximum absolute atomic E-state index is 13.0. The molecule has 0 spiro atoms. The Morgan fingerprint density at radius 1 is 1.09 bits per heavy atom. The minimum atomic E-state index is -4.03. The molecule has 1 aromatic carbocycles. The van der Waals surface area contributed by atoms with Gasteiger partial charge in [0.15, 0.2) is 5.78 Å². The molecule has 0 radical (unpaired) electrons. The standard InChI is InChI=1S/C24H34O7S2/c1-16(2)30-22(27)18-9-7-17(8-10-18)20(25)14-32(5,6)31-33(28,29)15-24-12-11-19(13-21(24)26)23(24,3)4/h7-10,16,19H,11-15H2,1-6H3. The zero-order valence-electron chi connectivity index (χ0n) is 20.2. The van der Waals surface area contributed by atoms with Gasteiger partial charge in [0.05, 0.1) is 28.6 Å². The lowest BCUT2D eigenvalue weighted by atomic mass is 9.70. The Kier molecular flexibility index (Phi) is 6.92. The van der Waals surface area contributed by atoms with Crippen LogP contribution in [0.2, 0.25) is 0 Å². The van der Waals surface area contributed by atoms with Gasteiger partial charge < -0.3 is 4.74 Å². The van der Waals surface area contributed by atoms with Crippen molar-refractivity contribution in [1.29, 1.82) is 0 Å². The van der Waals surface area contributed by atoms with Crippen molar-refractivity contribution in [3.05, 3.63) is 35.4 Å². The fourth-order valence-corrected chi connectivity index (χ4v) is 9.92. The Morgan fingerprint density at radius 3 is 2.15 bits per heavy atom. The number of hydrogen-bond donors (Lipinski definition) is 0. The van der Waals surface area contributed by atoms with Gasteiger partial charge in [0.1, 0.15) is 5.78 Å². The predicted octanol–water partition coefficient (Wildman–Crippen LogP) is 4.16. The van der Waals surface area contributed by atoms with Gasteiger partial charge in [-0.2, -0.15) is 8.42 Å². The first-order chi connectivity index (χ1) is 15.1. The van der Waals surface area contributed by atoms with E-state index in [9.17, 15) is 22.8 Å². The van der Waals surface area contributed by atoms with Crippen molar-refractivity contribution in [3.63, 3.8) is 0 Å². The number of benzene rings is 1. The summed E-state index contributed by atoms with van der Waals surface area (Å²) < 4.78 is 36.8. The molecule has 0 heterocycles. The molecular formula is C24H34O7S2. The van der Waals surface area contributed by atoms with Gasteiger partial charge >= 0.3 is 5.97 Å². The van der Waals surface area contributed by atoms with E-state index in [0.29, 0.717) is 24.0 Å². The SMILES string of the molecule is CC(C)OC(=O)c1ccc(C(=O)CS(C)(C)OS(=O)(=O)CC23CCC(CC2=O)C3(C)C)cc1. The van der Waals surface area contributed by atoms with E-state index in [-0.39, 0.29) is 40.5 Å². The molecule has 184 valence electrons. The number of esters is 1. The minimum Gasteiger partial charge on any atom is -0.459 e. The fraction of sp³-hybridized carbons (Fsp3) is 0.625. The van der Waals surface area contributed by atoms with Crippen LogP contribution in [0.3, 0.4) is 0 Å². The van der Waals surface area contributed by atoms with Crippen molar-refractivity contribution < 1.29 is 31.2 Å². The van der Waals surface area contributed by atoms with E-state index in [1.54, 1.807) is 26.4 Å². The van der Waals surface area contributed by atoms with Gasteiger partial charge in [0, 0.05) is 12.0 Å². The molecule has 3 rings (SSSR count). The Balaban J connectivity index is 1.67. The number of fused-ring (bicyclic) bond motifs is 2. The summed E-state index contributed by atoms with van der Waals surface area (Å²) in [5.74, 6) is -0.944. The van der Waals surface area contributed by atoms with E-state index in [2.05, 4.69) is 0 Å². The van der Waals surface area contributed by atoms with Crippen LogP contribution in [-0.2, 0) is 23.3 Å². The summed E-state index contributed by atoms with van der Waals surface area (Å²) in [5.41, 5.74) is -0.587. The number of rotatable bonds is 9. The van der Waals surface area contributed by atoms with Crippen molar-refractivity contribution in [2.45, 2.75) is 53.1 Å². The molecule has 0 N–H and O–H groups in total. The van der Waals surface area contributed by atoms with E-state index in [1.807, 2.05) is 13.8 Å². The van der Waals surface area contributed by atoms with Crippen LogP contribution in [0, 0.1) is 16.7 Å². The highest BCUT2D eigenvalue weighted by Crippen LogP contribution is 2.64. The Morgan fingerprint density at radius 2 is 1.67 bits per heavy atom. The topological polar surface area (TPSA) is 104 Å². The third-order valence-electron chi connectivity index (χ3n) is 7.11. The molecule has 2 bridgehead atoms. The summed E-state index contributed by atoms with van der Waals surface area (Å²) in [5, 5.41) is 0. The summed E-state index contributed by atoms with van der Waals surface area (Å²) >= 11 is 0. The smallest absolute Gasteiger partial charge is 0.338 e. The monoisotopic (exact) mass is 498 g/mol. The Hall–Kier alpha value is -1.71. The quantitative estimate of drug-likeness (QED) is 0.372. The average Bonchev–Trinajstić information content (AvgIpc) is 3.00. The van der Waals surface area contributed by atoms with Crippen LogP contribution in [0.15, 0.2) is 24.3 Å². The van der Waals surface area contributed by atoms with E-state index in [4.69, 9.17) is 8.37 Å². The largest absolute Gasteiger partial charge is 0.459 e. The molecule has 2 fully saturated rings. The third-order valence-corrected chi connectivity index (χ3v) is 11.2. The van der Waals surface area contributed by atoms with E-state index in [1.165, 1.54) is 24.3 Å². The maximum atomic E-state index is 13.0. The van der Waals surface area contributed by atoms with E-state index in [0.717, 1.165) is 6.42 Å². The van der Waals surface area contributed by atoms with E-state index < -0.39 is 31.8 Å². The van der Waals surface area contributed by atoms with Crippen LogP contribution >= 0.6 is 10.3 Å². The van der Waals surface area contributed by atoms with Gasteiger partial charge in [-0.3, -0.25) is 9.59 Å². The number of Topliss-reactive ketones (excluding diaryl/α,β-unsaturated/α-hetero) is 2. The second-order valence-electron chi connectivity index (χ2n) is 10.5. The zero-order valence-corrected chi connectivity index (χ0v) is 21.8. The number of hydrogen-bond acceptors (Lipinski definition) is 7. The molecular weight excluding hydrogens is 464 g/mol. The van der Waals surface area contributed by atoms with Crippen LogP contribution < -0.4 is 0 Å². The minimum absolute atomic E-state index is 0.0101. The number of carbonyl (C=O) groups is 3. The van der Waals surface area contributed by atoms with Gasteiger partial charge in [0.25, 0.3) is 10.1 Å². The molecule has 2 atom stereocenters. The first-order valence-electron chi connectivity index (χ1n) is 11.1. The number of carbonyl (C=O) groups excluding carboxylic acids is 3. The molecule has 0 amide bonds. The van der Waals surface area contributed by atoms with Crippen molar-refractivity contribution in [2.24, 2.45) is 16.7 Å². The van der Waals surface area contributed by atoms with Gasteiger partial charge in [-0.15, -0.1) is 10.3 Å². The lowest BCUT2D eigenvalue weighted by Crippen LogP contribution is -2.42. The van der Waals surface area contributed by atoms with Crippen molar-refractivity contribution >= 4 is 38.0 Å². The van der Waals surface area contributed by atoms with Gasteiger partial charge in [-0.1, -0.05) is 26.0 Å². The molecule has 0 aromatic heterocycles. The van der Waals surface area contributed by atoms with Crippen LogP contribution in [0.4, 0.5) is 0 Å². The Bertz CT molecular complexity index is 1050. The van der Waals surface area contributed by atoms with Crippen LogP contribution in [-0.4, -0.2) is 56.1 Å². The van der Waals surface area contributed by atoms with Gasteiger partial charge in [0.2, 0.25) is 0 Å². The third kappa shape index (κ3) is 5.20. The lowest BCUT2D eigenvalue weighted by Gasteiger charge is -2.37. The summed E-state index contributed by atoms with van der Waals surface area (Å²) in [4.78, 5) is 37.5. The molecule has 33 heavy (non-hydrogen) atoms. The molecule has 2 unspecified atom stereocenters. The highest BCUT2D eigenvalue weighted by Gasteiger charge is 2.65. The van der Waals surface area contributed by atoms with Gasteiger partial charge in [-0.25, -0.2) is 8.42 Å². The summed E-state index contributed by atoms with van der Waals surface area (Å²) in [6, 6.07) is 6.09. The highest BCUT2D eigenvalue weighted by atomic mass is 32.3. The second kappa shape index (κ2) is 8.82. The molecule has 0 saturated heterocycles. The maximum Gasteiger partial charge on any atom is 0.338 e. The molecule has 0 aliphatic heterocycles. The summed E-state index contributed by atoms with van der Waals surface area (Å²) in [7, 11) is -6.31. The first-order valence-corrected chi connectivity index (χ1v) is 15.2. The first kappa shape index (κ1) is 25.9. The lowest BCUT2D eigenvalue weighted by molar-refractivity contribution is -0.128. The molecule has 2 saturated carbocycles. The predicted molar refractivity (Wildman–Crippen MR) is 129 cm³/mol. The number of ketones is 2.